The van der Waals surface area contributed by atoms with E-state index < -0.39 is 10.0 Å². The van der Waals surface area contributed by atoms with Crippen LogP contribution >= 0.6 is 12.2 Å². The second kappa shape index (κ2) is 2.23. The Labute approximate surface area is 47.8 Å². The van der Waals surface area contributed by atoms with Crippen LogP contribution in [0.5, 0.6) is 0 Å². The molecule has 1 N–H and O–H groups in total. The van der Waals surface area contributed by atoms with Crippen molar-refractivity contribution < 1.29 is 8.42 Å². The molecule has 0 atom stereocenters. The summed E-state index contributed by atoms with van der Waals surface area (Å²) in [6.45, 7) is 0. The molecule has 0 spiro atoms. The summed E-state index contributed by atoms with van der Waals surface area (Å²) in [5.74, 6) is 0. The van der Waals surface area contributed by atoms with Crippen molar-refractivity contribution in [3.05, 3.63) is 0 Å². The number of thiocarbonyl (C=S) groups is 1. The number of nitrogens with one attached hydrogen (secondary N) is 1. The molecule has 41 valence electrons. The monoisotopic (exact) mass is 138 g/mol. The summed E-state index contributed by atoms with van der Waals surface area (Å²) >= 11 is 4.06. The molecular formula is C2H4NO2S2. The predicted octanol–water partition coefficient (Wildman–Crippen LogP) is -0.630. The average molecular weight is 138 g/mol. The molecule has 0 heterocycles. The summed E-state index contributed by atoms with van der Waals surface area (Å²) in [7, 11) is -3.14. The van der Waals surface area contributed by atoms with Gasteiger partial charge in [-0.25, -0.2) is 8.42 Å². The first kappa shape index (κ1) is 6.84. The maximum Gasteiger partial charge on any atom is 0.230 e. The molecule has 0 saturated heterocycles. The SMILES string of the molecule is CS(=O)(=O)N[C]=S. The van der Waals surface area contributed by atoms with Crippen LogP contribution < -0.4 is 4.72 Å². The van der Waals surface area contributed by atoms with Gasteiger partial charge in [-0.15, -0.1) is 0 Å². The lowest BCUT2D eigenvalue weighted by Crippen LogP contribution is -2.18. The highest BCUT2D eigenvalue weighted by Crippen LogP contribution is 1.65. The third-order valence-electron chi connectivity index (χ3n) is 0.227. The molecule has 0 rings (SSSR count). The van der Waals surface area contributed by atoms with Crippen LogP contribution in [0, 0.1) is 0 Å². The van der Waals surface area contributed by atoms with Gasteiger partial charge in [-0.3, -0.25) is 4.72 Å². The van der Waals surface area contributed by atoms with Crippen LogP contribution in [0.25, 0.3) is 0 Å². The van der Waals surface area contributed by atoms with Gasteiger partial charge in [0, 0.05) is 0 Å². The quantitative estimate of drug-likeness (QED) is 0.408. The van der Waals surface area contributed by atoms with E-state index in [9.17, 15) is 8.42 Å². The van der Waals surface area contributed by atoms with E-state index in [1.54, 1.807) is 0 Å². The van der Waals surface area contributed by atoms with Gasteiger partial charge in [-0.1, -0.05) is 12.2 Å². The lowest BCUT2D eigenvalue weighted by molar-refractivity contribution is 0.599. The van der Waals surface area contributed by atoms with E-state index in [4.69, 9.17) is 0 Å². The van der Waals surface area contributed by atoms with E-state index in [2.05, 4.69) is 12.2 Å². The molecule has 0 aromatic carbocycles. The van der Waals surface area contributed by atoms with E-state index in [1.807, 2.05) is 10.2 Å². The fraction of sp³-hybridized carbons (Fsp3) is 0.500. The zero-order valence-electron chi connectivity index (χ0n) is 3.63. The number of rotatable bonds is 2. The van der Waals surface area contributed by atoms with Gasteiger partial charge in [-0.05, 0) is 0 Å². The standard InChI is InChI=1S/C2H4NO2S2/c1-7(4,5)3-2-6/h1H3,(H,3,6). The zero-order chi connectivity index (χ0) is 5.91. The van der Waals surface area contributed by atoms with Gasteiger partial charge in [0.1, 0.15) is 5.49 Å². The van der Waals surface area contributed by atoms with Crippen molar-refractivity contribution in [1.29, 1.82) is 0 Å². The minimum atomic E-state index is -3.14. The molecule has 7 heavy (non-hydrogen) atoms. The summed E-state index contributed by atoms with van der Waals surface area (Å²) < 4.78 is 21.8. The van der Waals surface area contributed by atoms with Gasteiger partial charge in [-0.2, -0.15) is 0 Å². The minimum absolute atomic E-state index is 1.01. The normalized spacial score (nSPS) is 10.4. The third-order valence-corrected chi connectivity index (χ3v) is 0.931. The first-order valence-electron chi connectivity index (χ1n) is 1.40. The van der Waals surface area contributed by atoms with E-state index in [0.717, 1.165) is 6.26 Å². The summed E-state index contributed by atoms with van der Waals surface area (Å²) in [5, 5.41) is 0. The van der Waals surface area contributed by atoms with Gasteiger partial charge >= 0.3 is 0 Å². The molecule has 0 fully saturated rings. The first-order valence-corrected chi connectivity index (χ1v) is 3.70. The van der Waals surface area contributed by atoms with Crippen LogP contribution in [0.1, 0.15) is 0 Å². The molecular weight excluding hydrogens is 134 g/mol. The molecule has 0 amide bonds. The van der Waals surface area contributed by atoms with E-state index in [0.29, 0.717) is 0 Å². The highest BCUT2D eigenvalue weighted by molar-refractivity contribution is 7.90. The summed E-state index contributed by atoms with van der Waals surface area (Å²) in [6, 6.07) is 0. The Morgan fingerprint density at radius 1 is 1.71 bits per heavy atom. The van der Waals surface area contributed by atoms with Gasteiger partial charge < -0.3 is 0 Å². The predicted molar refractivity (Wildman–Crippen MR) is 30.6 cm³/mol. The van der Waals surface area contributed by atoms with Crippen molar-refractivity contribution in [2.45, 2.75) is 0 Å². The Morgan fingerprint density at radius 3 is 2.14 bits per heavy atom. The van der Waals surface area contributed by atoms with Crippen molar-refractivity contribution in [1.82, 2.24) is 4.72 Å². The maximum atomic E-state index is 9.99. The molecule has 3 nitrogen and oxygen atoms in total. The second-order valence-electron chi connectivity index (χ2n) is 0.976. The van der Waals surface area contributed by atoms with Crippen molar-refractivity contribution in [3.8, 4) is 0 Å². The molecule has 0 aromatic rings. The Balaban J connectivity index is 3.84. The van der Waals surface area contributed by atoms with Crippen molar-refractivity contribution in [3.63, 3.8) is 0 Å². The molecule has 5 heteroatoms. The van der Waals surface area contributed by atoms with E-state index in [-0.39, 0.29) is 0 Å². The first-order chi connectivity index (χ1) is 3.06. The van der Waals surface area contributed by atoms with Crippen LogP contribution in [-0.4, -0.2) is 20.2 Å². The molecule has 0 aliphatic heterocycles. The fourth-order valence-electron chi connectivity index (χ4n) is 0.0757. The summed E-state index contributed by atoms with van der Waals surface area (Å²) in [4.78, 5) is 0. The highest BCUT2D eigenvalue weighted by atomic mass is 32.2. The summed E-state index contributed by atoms with van der Waals surface area (Å²) in [6.07, 6.45) is 1.01. The zero-order valence-corrected chi connectivity index (χ0v) is 5.27. The summed E-state index contributed by atoms with van der Waals surface area (Å²) in [5.41, 5.74) is 1.85. The Morgan fingerprint density at radius 2 is 2.14 bits per heavy atom. The highest BCUT2D eigenvalue weighted by Gasteiger charge is 1.91. The average Bonchev–Trinajstić information content (AvgIpc) is 1.30. The third kappa shape index (κ3) is 5.84. The molecule has 0 unspecified atom stereocenters. The van der Waals surface area contributed by atoms with Crippen molar-refractivity contribution in [2.75, 3.05) is 6.26 Å². The van der Waals surface area contributed by atoms with E-state index in [1.165, 1.54) is 0 Å². The van der Waals surface area contributed by atoms with Gasteiger partial charge in [0.2, 0.25) is 10.0 Å². The second-order valence-corrected chi connectivity index (χ2v) is 2.93. The Hall–Kier alpha value is -0.160. The maximum absolute atomic E-state index is 9.99. The van der Waals surface area contributed by atoms with Crippen LogP contribution in [0.4, 0.5) is 0 Å². The van der Waals surface area contributed by atoms with Crippen LogP contribution in [-0.2, 0) is 10.0 Å². The minimum Gasteiger partial charge on any atom is -0.271 e. The molecule has 0 aromatic heterocycles. The largest absolute Gasteiger partial charge is 0.271 e. The number of sulfonamides is 1. The molecule has 1 radical (unpaired) electrons. The van der Waals surface area contributed by atoms with Crippen LogP contribution in [0.15, 0.2) is 0 Å². The van der Waals surface area contributed by atoms with Gasteiger partial charge in [0.05, 0.1) is 6.26 Å². The number of hydrogen-bond donors (Lipinski definition) is 1. The van der Waals surface area contributed by atoms with Crippen LogP contribution in [0.3, 0.4) is 0 Å². The van der Waals surface area contributed by atoms with Gasteiger partial charge in [0.15, 0.2) is 0 Å². The smallest absolute Gasteiger partial charge is 0.230 e. The molecule has 0 bridgehead atoms. The number of hydrogen-bond acceptors (Lipinski definition) is 3. The van der Waals surface area contributed by atoms with Crippen molar-refractivity contribution >= 4 is 27.7 Å². The van der Waals surface area contributed by atoms with Crippen LogP contribution in [0.2, 0.25) is 0 Å². The topological polar surface area (TPSA) is 46.2 Å². The molecule has 0 saturated carbocycles. The lowest BCUT2D eigenvalue weighted by atomic mass is 11.6. The van der Waals surface area contributed by atoms with E-state index >= 15 is 0 Å². The molecule has 0 aliphatic carbocycles. The fourth-order valence-corrected chi connectivity index (χ4v) is 0.681. The van der Waals surface area contributed by atoms with Gasteiger partial charge in [0.25, 0.3) is 0 Å². The Bertz CT molecular complexity index is 147. The molecule has 0 aliphatic rings. The van der Waals surface area contributed by atoms with Crippen molar-refractivity contribution in [2.24, 2.45) is 0 Å². The lowest BCUT2D eigenvalue weighted by Gasteiger charge is -1.87. The Kier molecular flexibility index (Phi) is 2.17.